The van der Waals surface area contributed by atoms with E-state index in [2.05, 4.69) is 10.5 Å². The molecular weight excluding hydrogens is 398 g/mol. The molecule has 0 fully saturated rings. The summed E-state index contributed by atoms with van der Waals surface area (Å²) >= 11 is 0. The summed E-state index contributed by atoms with van der Waals surface area (Å²) in [4.78, 5) is 12.8. The Morgan fingerprint density at radius 1 is 1.03 bits per heavy atom. The number of nitrogens with one attached hydrogen (secondary N) is 1. The minimum Gasteiger partial charge on any atom is -0.493 e. The second-order valence-corrected chi connectivity index (χ2v) is 6.32. The quantitative estimate of drug-likeness (QED) is 0.627. The second kappa shape index (κ2) is 8.81. The molecule has 0 unspecified atom stereocenters. The second-order valence-electron chi connectivity index (χ2n) is 6.32. The number of carbonyl (C=O) groups is 1. The average Bonchev–Trinajstić information content (AvgIpc) is 3.14. The number of aryl methyl sites for hydroxylation is 1. The number of amides is 1. The SMILES string of the molecule is COc1cc(-c2onc(C)c2C(=O)NCc2ccc(F)c(F)c2)cc(OC)c1OC. The fourth-order valence-corrected chi connectivity index (χ4v) is 2.97. The van der Waals surface area contributed by atoms with Gasteiger partial charge in [0.1, 0.15) is 5.56 Å². The number of rotatable bonds is 7. The smallest absolute Gasteiger partial charge is 0.257 e. The number of ether oxygens (including phenoxy) is 3. The van der Waals surface area contributed by atoms with Crippen molar-refractivity contribution in [3.05, 3.63) is 58.8 Å². The maximum Gasteiger partial charge on any atom is 0.257 e. The lowest BCUT2D eigenvalue weighted by Crippen LogP contribution is -2.23. The van der Waals surface area contributed by atoms with Gasteiger partial charge in [0.2, 0.25) is 5.75 Å². The first-order valence-electron chi connectivity index (χ1n) is 8.88. The lowest BCUT2D eigenvalue weighted by Gasteiger charge is -2.13. The molecule has 0 radical (unpaired) electrons. The molecule has 9 heteroatoms. The van der Waals surface area contributed by atoms with Gasteiger partial charge in [0.25, 0.3) is 5.91 Å². The van der Waals surface area contributed by atoms with Gasteiger partial charge in [-0.3, -0.25) is 4.79 Å². The Balaban J connectivity index is 1.93. The molecular formula is C21H20F2N2O5. The first kappa shape index (κ1) is 21.1. The van der Waals surface area contributed by atoms with Gasteiger partial charge in [-0.05, 0) is 36.8 Å². The van der Waals surface area contributed by atoms with E-state index >= 15 is 0 Å². The number of hydrogen-bond acceptors (Lipinski definition) is 6. The predicted octanol–water partition coefficient (Wildman–Crippen LogP) is 3.88. The van der Waals surface area contributed by atoms with Crippen molar-refractivity contribution < 1.29 is 32.3 Å². The summed E-state index contributed by atoms with van der Waals surface area (Å²) in [6.45, 7) is 1.62. The Labute approximate surface area is 171 Å². The maximum absolute atomic E-state index is 13.4. The van der Waals surface area contributed by atoms with E-state index in [1.165, 1.54) is 27.4 Å². The summed E-state index contributed by atoms with van der Waals surface area (Å²) in [5, 5.41) is 6.55. The number of aromatic nitrogens is 1. The first-order valence-corrected chi connectivity index (χ1v) is 8.88. The highest BCUT2D eigenvalue weighted by molar-refractivity contribution is 6.00. The molecule has 1 aromatic heterocycles. The minimum absolute atomic E-state index is 0.00461. The Hall–Kier alpha value is -3.62. The highest BCUT2D eigenvalue weighted by Crippen LogP contribution is 2.42. The van der Waals surface area contributed by atoms with Crippen LogP contribution < -0.4 is 19.5 Å². The fraction of sp³-hybridized carbons (Fsp3) is 0.238. The number of halogens is 2. The average molecular weight is 418 g/mol. The van der Waals surface area contributed by atoms with Crippen LogP contribution in [0.15, 0.2) is 34.9 Å². The van der Waals surface area contributed by atoms with Gasteiger partial charge in [-0.2, -0.15) is 0 Å². The highest BCUT2D eigenvalue weighted by atomic mass is 19.2. The Bertz CT molecular complexity index is 1060. The van der Waals surface area contributed by atoms with Crippen molar-refractivity contribution in [2.24, 2.45) is 0 Å². The van der Waals surface area contributed by atoms with Crippen LogP contribution in [0.2, 0.25) is 0 Å². The van der Waals surface area contributed by atoms with Crippen LogP contribution in [0.5, 0.6) is 17.2 Å². The molecule has 1 heterocycles. The molecule has 158 valence electrons. The topological polar surface area (TPSA) is 82.8 Å². The number of carbonyl (C=O) groups excluding carboxylic acids is 1. The molecule has 2 aromatic carbocycles. The standard InChI is InChI=1S/C21H20F2N2O5/c1-11-18(21(26)24-10-12-5-6-14(22)15(23)7-12)19(30-25-11)13-8-16(27-2)20(29-4)17(9-13)28-3/h5-9H,10H2,1-4H3,(H,24,26). The van der Waals surface area contributed by atoms with Crippen LogP contribution in [0.4, 0.5) is 8.78 Å². The first-order chi connectivity index (χ1) is 14.4. The number of benzene rings is 2. The molecule has 0 saturated carbocycles. The Morgan fingerprint density at radius 3 is 2.27 bits per heavy atom. The number of hydrogen-bond donors (Lipinski definition) is 1. The van der Waals surface area contributed by atoms with Crippen molar-refractivity contribution in [3.8, 4) is 28.6 Å². The van der Waals surface area contributed by atoms with Gasteiger partial charge < -0.3 is 24.1 Å². The van der Waals surface area contributed by atoms with Crippen molar-refractivity contribution in [3.63, 3.8) is 0 Å². The molecule has 0 saturated heterocycles. The van der Waals surface area contributed by atoms with E-state index in [-0.39, 0.29) is 17.9 Å². The van der Waals surface area contributed by atoms with E-state index in [0.717, 1.165) is 12.1 Å². The molecule has 0 aliphatic carbocycles. The molecule has 0 aliphatic heterocycles. The fourth-order valence-electron chi connectivity index (χ4n) is 2.97. The van der Waals surface area contributed by atoms with Crippen LogP contribution in [0.1, 0.15) is 21.6 Å². The number of methoxy groups -OCH3 is 3. The molecule has 0 aliphatic rings. The van der Waals surface area contributed by atoms with Crippen LogP contribution in [-0.2, 0) is 6.54 Å². The molecule has 0 bridgehead atoms. The van der Waals surface area contributed by atoms with E-state index in [1.807, 2.05) is 0 Å². The van der Waals surface area contributed by atoms with E-state index in [0.29, 0.717) is 34.1 Å². The van der Waals surface area contributed by atoms with Crippen molar-refractivity contribution in [2.45, 2.75) is 13.5 Å². The zero-order chi connectivity index (χ0) is 21.8. The lowest BCUT2D eigenvalue weighted by molar-refractivity contribution is 0.0950. The predicted molar refractivity (Wildman–Crippen MR) is 104 cm³/mol. The zero-order valence-electron chi connectivity index (χ0n) is 16.8. The van der Waals surface area contributed by atoms with Gasteiger partial charge in [-0.1, -0.05) is 11.2 Å². The Kier molecular flexibility index (Phi) is 6.20. The van der Waals surface area contributed by atoms with Crippen LogP contribution in [0, 0.1) is 18.6 Å². The summed E-state index contributed by atoms with van der Waals surface area (Å²) in [7, 11) is 4.43. The summed E-state index contributed by atoms with van der Waals surface area (Å²) in [5.41, 5.74) is 1.46. The third-order valence-corrected chi connectivity index (χ3v) is 4.45. The molecule has 1 N–H and O–H groups in total. The van der Waals surface area contributed by atoms with Gasteiger partial charge in [0, 0.05) is 12.1 Å². The summed E-state index contributed by atoms with van der Waals surface area (Å²) < 4.78 is 47.8. The van der Waals surface area contributed by atoms with Gasteiger partial charge >= 0.3 is 0 Å². The van der Waals surface area contributed by atoms with E-state index < -0.39 is 17.5 Å². The Morgan fingerprint density at radius 2 is 1.70 bits per heavy atom. The van der Waals surface area contributed by atoms with Crippen LogP contribution in [0.25, 0.3) is 11.3 Å². The molecule has 30 heavy (non-hydrogen) atoms. The minimum atomic E-state index is -0.985. The van der Waals surface area contributed by atoms with Gasteiger partial charge in [0.05, 0.1) is 27.0 Å². The molecule has 0 spiro atoms. The summed E-state index contributed by atoms with van der Waals surface area (Å²) in [6, 6.07) is 6.68. The van der Waals surface area contributed by atoms with Crippen molar-refractivity contribution in [1.29, 1.82) is 0 Å². The van der Waals surface area contributed by atoms with E-state index in [4.69, 9.17) is 18.7 Å². The normalized spacial score (nSPS) is 10.6. The van der Waals surface area contributed by atoms with Gasteiger partial charge in [0.15, 0.2) is 28.9 Å². The molecule has 1 amide bonds. The van der Waals surface area contributed by atoms with Crippen LogP contribution >= 0.6 is 0 Å². The van der Waals surface area contributed by atoms with Crippen molar-refractivity contribution in [1.82, 2.24) is 10.5 Å². The third-order valence-electron chi connectivity index (χ3n) is 4.45. The van der Waals surface area contributed by atoms with Crippen LogP contribution in [0.3, 0.4) is 0 Å². The van der Waals surface area contributed by atoms with Crippen molar-refractivity contribution in [2.75, 3.05) is 21.3 Å². The summed E-state index contributed by atoms with van der Waals surface area (Å²) in [5.74, 6) is -1.06. The molecule has 3 rings (SSSR count). The van der Waals surface area contributed by atoms with E-state index in [9.17, 15) is 13.6 Å². The molecule has 3 aromatic rings. The van der Waals surface area contributed by atoms with E-state index in [1.54, 1.807) is 19.1 Å². The highest BCUT2D eigenvalue weighted by Gasteiger charge is 2.24. The van der Waals surface area contributed by atoms with Crippen molar-refractivity contribution >= 4 is 5.91 Å². The summed E-state index contributed by atoms with van der Waals surface area (Å²) in [6.07, 6.45) is 0. The van der Waals surface area contributed by atoms with Crippen LogP contribution in [-0.4, -0.2) is 32.4 Å². The largest absolute Gasteiger partial charge is 0.493 e. The number of nitrogens with zero attached hydrogens (tertiary/aromatic N) is 1. The molecule has 0 atom stereocenters. The van der Waals surface area contributed by atoms with Gasteiger partial charge in [-0.25, -0.2) is 8.78 Å². The monoisotopic (exact) mass is 418 g/mol. The third kappa shape index (κ3) is 4.05. The molecule has 7 nitrogen and oxygen atoms in total. The zero-order valence-corrected chi connectivity index (χ0v) is 16.8. The van der Waals surface area contributed by atoms with Gasteiger partial charge in [-0.15, -0.1) is 0 Å². The maximum atomic E-state index is 13.4. The lowest BCUT2D eigenvalue weighted by atomic mass is 10.0.